The number of hydrogen-bond donors (Lipinski definition) is 2. The maximum Gasteiger partial charge on any atom is 0.331 e. The van der Waals surface area contributed by atoms with Gasteiger partial charge in [-0.3, -0.25) is 4.79 Å². The summed E-state index contributed by atoms with van der Waals surface area (Å²) in [4.78, 5) is 23.8. The second-order valence-corrected chi connectivity index (χ2v) is 6.16. The molecule has 0 fully saturated rings. The average Bonchev–Trinajstić information content (AvgIpc) is 2.66. The third-order valence-corrected chi connectivity index (χ3v) is 3.82. The first-order chi connectivity index (χ1) is 12.9. The number of phenols is 1. The zero-order valence-electron chi connectivity index (χ0n) is 15.6. The van der Waals surface area contributed by atoms with Gasteiger partial charge in [0.15, 0.2) is 18.1 Å². The number of ether oxygens (including phenoxy) is 2. The molecule has 2 N–H and O–H groups in total. The summed E-state index contributed by atoms with van der Waals surface area (Å²) in [6, 6.07) is 12.2. The largest absolute Gasteiger partial charge is 0.504 e. The molecule has 27 heavy (non-hydrogen) atoms. The van der Waals surface area contributed by atoms with Gasteiger partial charge in [-0.2, -0.15) is 0 Å². The Balaban J connectivity index is 1.89. The van der Waals surface area contributed by atoms with Crippen LogP contribution in [0.4, 0.5) is 5.69 Å². The van der Waals surface area contributed by atoms with Gasteiger partial charge in [-0.25, -0.2) is 4.79 Å². The molecule has 0 aliphatic heterocycles. The van der Waals surface area contributed by atoms with Crippen LogP contribution in [-0.4, -0.2) is 30.7 Å². The lowest BCUT2D eigenvalue weighted by atomic mass is 10.0. The molecule has 6 heteroatoms. The number of nitrogens with one attached hydrogen (secondary N) is 1. The zero-order valence-corrected chi connectivity index (χ0v) is 15.6. The number of aromatic hydroxyl groups is 1. The van der Waals surface area contributed by atoms with Crippen LogP contribution < -0.4 is 10.1 Å². The molecule has 2 aromatic carbocycles. The minimum absolute atomic E-state index is 0.00979. The Kier molecular flexibility index (Phi) is 7.00. The molecule has 0 unspecified atom stereocenters. The fraction of sp³-hybridized carbons (Fsp3) is 0.238. The summed E-state index contributed by atoms with van der Waals surface area (Å²) in [6.07, 6.45) is 2.72. The molecule has 0 aromatic heterocycles. The van der Waals surface area contributed by atoms with Crippen molar-refractivity contribution in [3.05, 3.63) is 59.7 Å². The van der Waals surface area contributed by atoms with Crippen LogP contribution in [0.3, 0.4) is 0 Å². The standard InChI is InChI=1S/C21H23NO5/c1-14(2)16-6-4-5-7-17(16)22-20(24)13-27-21(25)11-9-15-8-10-18(23)19(12-15)26-3/h4-12,14,23H,13H2,1-3H3,(H,22,24)/b11-9+. The van der Waals surface area contributed by atoms with Crippen molar-refractivity contribution < 1.29 is 24.2 Å². The highest BCUT2D eigenvalue weighted by Gasteiger charge is 2.10. The highest BCUT2D eigenvalue weighted by atomic mass is 16.5. The van der Waals surface area contributed by atoms with Gasteiger partial charge in [0, 0.05) is 11.8 Å². The van der Waals surface area contributed by atoms with E-state index >= 15 is 0 Å². The number of phenolic OH excluding ortho intramolecular Hbond substituents is 1. The lowest BCUT2D eigenvalue weighted by molar-refractivity contribution is -0.142. The SMILES string of the molecule is COc1cc(/C=C/C(=O)OCC(=O)Nc2ccccc2C(C)C)ccc1O. The normalized spacial score (nSPS) is 10.8. The minimum atomic E-state index is -0.644. The van der Waals surface area contributed by atoms with Gasteiger partial charge in [0.25, 0.3) is 5.91 Å². The number of hydrogen-bond acceptors (Lipinski definition) is 5. The van der Waals surface area contributed by atoms with E-state index in [9.17, 15) is 14.7 Å². The van der Waals surface area contributed by atoms with Crippen molar-refractivity contribution in [1.29, 1.82) is 0 Å². The average molecular weight is 369 g/mol. The second-order valence-electron chi connectivity index (χ2n) is 6.16. The second kappa shape index (κ2) is 9.43. The summed E-state index contributed by atoms with van der Waals surface area (Å²) in [7, 11) is 1.44. The molecule has 0 bridgehead atoms. The van der Waals surface area contributed by atoms with E-state index in [1.807, 2.05) is 38.1 Å². The van der Waals surface area contributed by atoms with Gasteiger partial charge in [0.2, 0.25) is 0 Å². The molecule has 6 nitrogen and oxygen atoms in total. The number of para-hydroxylation sites is 1. The van der Waals surface area contributed by atoms with Crippen LogP contribution in [0.15, 0.2) is 48.5 Å². The summed E-state index contributed by atoms with van der Waals surface area (Å²) >= 11 is 0. The molecule has 2 aromatic rings. The predicted molar refractivity (Wildman–Crippen MR) is 104 cm³/mol. The van der Waals surface area contributed by atoms with E-state index in [1.165, 1.54) is 25.3 Å². The fourth-order valence-electron chi connectivity index (χ4n) is 2.45. The van der Waals surface area contributed by atoms with Gasteiger partial charge in [0.05, 0.1) is 7.11 Å². The van der Waals surface area contributed by atoms with Crippen molar-refractivity contribution in [2.75, 3.05) is 19.0 Å². The molecule has 0 saturated heterocycles. The predicted octanol–water partition coefficient (Wildman–Crippen LogP) is 3.72. The molecular weight excluding hydrogens is 346 g/mol. The van der Waals surface area contributed by atoms with E-state index in [1.54, 1.807) is 12.1 Å². The number of amides is 1. The fourth-order valence-corrected chi connectivity index (χ4v) is 2.45. The number of carbonyl (C=O) groups is 2. The Bertz CT molecular complexity index is 842. The van der Waals surface area contributed by atoms with E-state index in [2.05, 4.69) is 5.32 Å². The molecule has 0 atom stereocenters. The topological polar surface area (TPSA) is 84.9 Å². The molecule has 0 saturated carbocycles. The summed E-state index contributed by atoms with van der Waals surface area (Å²) in [5.41, 5.74) is 2.37. The Morgan fingerprint density at radius 1 is 1.19 bits per heavy atom. The zero-order chi connectivity index (χ0) is 19.8. The highest BCUT2D eigenvalue weighted by Crippen LogP contribution is 2.26. The van der Waals surface area contributed by atoms with Gasteiger partial charge >= 0.3 is 5.97 Å². The first-order valence-corrected chi connectivity index (χ1v) is 8.51. The Morgan fingerprint density at radius 2 is 1.93 bits per heavy atom. The van der Waals surface area contributed by atoms with Crippen molar-refractivity contribution in [2.45, 2.75) is 19.8 Å². The molecular formula is C21H23NO5. The van der Waals surface area contributed by atoms with E-state index in [-0.39, 0.29) is 18.3 Å². The molecule has 0 aliphatic carbocycles. The minimum Gasteiger partial charge on any atom is -0.504 e. The molecule has 0 heterocycles. The Hall–Kier alpha value is -3.28. The number of anilines is 1. The van der Waals surface area contributed by atoms with E-state index in [0.717, 1.165) is 5.56 Å². The van der Waals surface area contributed by atoms with Crippen molar-refractivity contribution >= 4 is 23.6 Å². The van der Waals surface area contributed by atoms with E-state index in [0.29, 0.717) is 17.0 Å². The molecule has 0 aliphatic rings. The summed E-state index contributed by atoms with van der Waals surface area (Å²) < 4.78 is 9.96. The monoisotopic (exact) mass is 369 g/mol. The number of rotatable bonds is 7. The highest BCUT2D eigenvalue weighted by molar-refractivity contribution is 5.95. The van der Waals surface area contributed by atoms with Crippen molar-refractivity contribution in [3.63, 3.8) is 0 Å². The number of esters is 1. The quantitative estimate of drug-likeness (QED) is 0.574. The van der Waals surface area contributed by atoms with Gasteiger partial charge in [-0.1, -0.05) is 38.1 Å². The maximum atomic E-state index is 12.0. The summed E-state index contributed by atoms with van der Waals surface area (Å²) in [6.45, 7) is 3.69. The first kappa shape index (κ1) is 20.0. The van der Waals surface area contributed by atoms with Crippen LogP contribution in [0.2, 0.25) is 0 Å². The maximum absolute atomic E-state index is 12.0. The third-order valence-electron chi connectivity index (χ3n) is 3.82. The van der Waals surface area contributed by atoms with E-state index < -0.39 is 11.9 Å². The van der Waals surface area contributed by atoms with Gasteiger partial charge < -0.3 is 19.9 Å². The van der Waals surface area contributed by atoms with Gasteiger partial charge in [-0.15, -0.1) is 0 Å². The van der Waals surface area contributed by atoms with Crippen molar-refractivity contribution in [3.8, 4) is 11.5 Å². The van der Waals surface area contributed by atoms with Crippen LogP contribution in [0, 0.1) is 0 Å². The number of benzene rings is 2. The van der Waals surface area contributed by atoms with Crippen LogP contribution in [0.5, 0.6) is 11.5 Å². The van der Waals surface area contributed by atoms with Gasteiger partial charge in [-0.05, 0) is 41.3 Å². The van der Waals surface area contributed by atoms with E-state index in [4.69, 9.17) is 9.47 Å². The van der Waals surface area contributed by atoms with Crippen molar-refractivity contribution in [2.24, 2.45) is 0 Å². The smallest absolute Gasteiger partial charge is 0.331 e. The van der Waals surface area contributed by atoms with Crippen molar-refractivity contribution in [1.82, 2.24) is 0 Å². The molecule has 2 rings (SSSR count). The molecule has 0 radical (unpaired) electrons. The van der Waals surface area contributed by atoms with Crippen LogP contribution >= 0.6 is 0 Å². The van der Waals surface area contributed by atoms with Crippen LogP contribution in [-0.2, 0) is 14.3 Å². The summed E-state index contributed by atoms with van der Waals surface area (Å²) in [5, 5.41) is 12.3. The number of carbonyl (C=O) groups excluding carboxylic acids is 2. The Morgan fingerprint density at radius 3 is 2.63 bits per heavy atom. The van der Waals surface area contributed by atoms with Crippen LogP contribution in [0.25, 0.3) is 6.08 Å². The summed E-state index contributed by atoms with van der Waals surface area (Å²) in [5.74, 6) is -0.482. The number of methoxy groups -OCH3 is 1. The third kappa shape index (κ3) is 5.88. The molecule has 142 valence electrons. The van der Waals surface area contributed by atoms with Crippen LogP contribution in [0.1, 0.15) is 30.9 Å². The lowest BCUT2D eigenvalue weighted by Gasteiger charge is -2.13. The molecule has 1 amide bonds. The lowest BCUT2D eigenvalue weighted by Crippen LogP contribution is -2.21. The first-order valence-electron chi connectivity index (χ1n) is 8.51. The molecule has 0 spiro atoms. The van der Waals surface area contributed by atoms with Gasteiger partial charge in [0.1, 0.15) is 0 Å². The Labute approximate surface area is 158 Å².